The summed E-state index contributed by atoms with van der Waals surface area (Å²) in [4.78, 5) is 0. The van der Waals surface area contributed by atoms with E-state index in [1.807, 2.05) is 0 Å². The van der Waals surface area contributed by atoms with Crippen LogP contribution in [-0.4, -0.2) is 56.8 Å². The van der Waals surface area contributed by atoms with Crippen LogP contribution in [0.5, 0.6) is 0 Å². The van der Waals surface area contributed by atoms with Gasteiger partial charge in [0.05, 0.1) is 6.54 Å². The minimum Gasteiger partial charge on any atom is -0.314 e. The standard InChI is InChI=1S/C11H23N3O2S/c1-6-9-13(4)17(15,16)14(5)10-7-8-12-11(2)3/h1,11-12H,7-10H2,2-5H3. The molecule has 100 valence electrons. The zero-order valence-corrected chi connectivity index (χ0v) is 11.9. The molecular weight excluding hydrogens is 238 g/mol. The lowest BCUT2D eigenvalue weighted by Gasteiger charge is -2.23. The van der Waals surface area contributed by atoms with Crippen LogP contribution in [0.15, 0.2) is 0 Å². The molecule has 0 aromatic rings. The molecule has 0 aliphatic rings. The third-order valence-electron chi connectivity index (χ3n) is 2.30. The number of nitrogens with one attached hydrogen (secondary N) is 1. The summed E-state index contributed by atoms with van der Waals surface area (Å²) >= 11 is 0. The molecule has 0 aliphatic heterocycles. The lowest BCUT2D eigenvalue weighted by Crippen LogP contribution is -2.41. The highest BCUT2D eigenvalue weighted by atomic mass is 32.2. The molecule has 0 aliphatic carbocycles. The van der Waals surface area contributed by atoms with Crippen LogP contribution in [0.3, 0.4) is 0 Å². The summed E-state index contributed by atoms with van der Waals surface area (Å²) in [5.41, 5.74) is 0. The molecule has 0 heterocycles. The maximum atomic E-state index is 11.9. The van der Waals surface area contributed by atoms with E-state index in [0.717, 1.165) is 13.0 Å². The summed E-state index contributed by atoms with van der Waals surface area (Å²) < 4.78 is 26.3. The first-order valence-electron chi connectivity index (χ1n) is 5.66. The van der Waals surface area contributed by atoms with Gasteiger partial charge in [0, 0.05) is 26.7 Å². The molecular formula is C11H23N3O2S. The van der Waals surface area contributed by atoms with Gasteiger partial charge in [-0.1, -0.05) is 19.8 Å². The smallest absolute Gasteiger partial charge is 0.282 e. The molecule has 6 heteroatoms. The van der Waals surface area contributed by atoms with Gasteiger partial charge in [-0.25, -0.2) is 0 Å². The highest BCUT2D eigenvalue weighted by molar-refractivity contribution is 7.86. The number of hydrogen-bond acceptors (Lipinski definition) is 3. The second-order valence-corrected chi connectivity index (χ2v) is 6.39. The van der Waals surface area contributed by atoms with Gasteiger partial charge in [0.25, 0.3) is 10.2 Å². The normalized spacial score (nSPS) is 12.4. The molecule has 0 aromatic carbocycles. The summed E-state index contributed by atoms with van der Waals surface area (Å²) in [6.07, 6.45) is 5.87. The van der Waals surface area contributed by atoms with E-state index in [0.29, 0.717) is 12.6 Å². The predicted octanol–water partition coefficient (Wildman–Crippen LogP) is 0.116. The quantitative estimate of drug-likeness (QED) is 0.499. The van der Waals surface area contributed by atoms with Crippen molar-refractivity contribution in [1.29, 1.82) is 0 Å². The van der Waals surface area contributed by atoms with Gasteiger partial charge in [-0.15, -0.1) is 6.42 Å². The second-order valence-electron chi connectivity index (χ2n) is 4.25. The third-order valence-corrected chi connectivity index (χ3v) is 4.19. The molecule has 5 nitrogen and oxygen atoms in total. The molecule has 0 bridgehead atoms. The first-order valence-corrected chi connectivity index (χ1v) is 7.06. The Morgan fingerprint density at radius 3 is 2.35 bits per heavy atom. The Balaban J connectivity index is 4.13. The van der Waals surface area contributed by atoms with Gasteiger partial charge in [0.15, 0.2) is 0 Å². The van der Waals surface area contributed by atoms with E-state index >= 15 is 0 Å². The van der Waals surface area contributed by atoms with E-state index in [-0.39, 0.29) is 6.54 Å². The Labute approximate surface area is 105 Å². The largest absolute Gasteiger partial charge is 0.314 e. The highest BCUT2D eigenvalue weighted by Crippen LogP contribution is 2.03. The maximum Gasteiger partial charge on any atom is 0.282 e. The molecule has 0 aromatic heterocycles. The minimum atomic E-state index is -3.41. The fraction of sp³-hybridized carbons (Fsp3) is 0.818. The fourth-order valence-electron chi connectivity index (χ4n) is 1.26. The molecule has 1 N–H and O–H groups in total. The fourth-order valence-corrected chi connectivity index (χ4v) is 2.33. The van der Waals surface area contributed by atoms with Crippen LogP contribution in [0.2, 0.25) is 0 Å². The van der Waals surface area contributed by atoms with Crippen molar-refractivity contribution in [2.75, 3.05) is 33.7 Å². The van der Waals surface area contributed by atoms with Gasteiger partial charge in [-0.2, -0.15) is 17.0 Å². The average Bonchev–Trinajstić information content (AvgIpc) is 2.23. The lowest BCUT2D eigenvalue weighted by atomic mass is 10.3. The van der Waals surface area contributed by atoms with Gasteiger partial charge in [-0.05, 0) is 13.0 Å². The molecule has 0 spiro atoms. The van der Waals surface area contributed by atoms with Crippen LogP contribution in [-0.2, 0) is 10.2 Å². The topological polar surface area (TPSA) is 52.7 Å². The summed E-state index contributed by atoms with van der Waals surface area (Å²) in [5.74, 6) is 2.32. The molecule has 0 saturated heterocycles. The second kappa shape index (κ2) is 7.67. The lowest BCUT2D eigenvalue weighted by molar-refractivity contribution is 0.399. The number of nitrogens with zero attached hydrogens (tertiary/aromatic N) is 2. The van der Waals surface area contributed by atoms with E-state index < -0.39 is 10.2 Å². The summed E-state index contributed by atoms with van der Waals surface area (Å²) in [6, 6.07) is 0.418. The zero-order chi connectivity index (χ0) is 13.5. The van der Waals surface area contributed by atoms with Crippen molar-refractivity contribution in [3.05, 3.63) is 0 Å². The van der Waals surface area contributed by atoms with Crippen LogP contribution in [0.1, 0.15) is 20.3 Å². The Hall–Kier alpha value is -0.610. The Bertz CT molecular complexity index is 346. The van der Waals surface area contributed by atoms with E-state index in [2.05, 4.69) is 25.1 Å². The third kappa shape index (κ3) is 6.03. The van der Waals surface area contributed by atoms with Crippen molar-refractivity contribution in [2.45, 2.75) is 26.3 Å². The van der Waals surface area contributed by atoms with Crippen molar-refractivity contribution in [3.8, 4) is 12.3 Å². The molecule has 0 saturated carbocycles. The van der Waals surface area contributed by atoms with Crippen molar-refractivity contribution in [3.63, 3.8) is 0 Å². The Morgan fingerprint density at radius 2 is 1.88 bits per heavy atom. The first-order chi connectivity index (χ1) is 7.82. The number of terminal acetylenes is 1. The van der Waals surface area contributed by atoms with Crippen molar-refractivity contribution in [2.24, 2.45) is 0 Å². The van der Waals surface area contributed by atoms with E-state index in [1.54, 1.807) is 7.05 Å². The summed E-state index contributed by atoms with van der Waals surface area (Å²) in [6.45, 7) is 5.49. The maximum absolute atomic E-state index is 11.9. The predicted molar refractivity (Wildman–Crippen MR) is 70.8 cm³/mol. The van der Waals surface area contributed by atoms with Gasteiger partial charge in [-0.3, -0.25) is 0 Å². The van der Waals surface area contributed by atoms with E-state index in [9.17, 15) is 8.42 Å². The number of hydrogen-bond donors (Lipinski definition) is 1. The monoisotopic (exact) mass is 261 g/mol. The molecule has 17 heavy (non-hydrogen) atoms. The SMILES string of the molecule is C#CCN(C)S(=O)(=O)N(C)CCCNC(C)C. The van der Waals surface area contributed by atoms with Gasteiger partial charge < -0.3 is 5.32 Å². The summed E-state index contributed by atoms with van der Waals surface area (Å²) in [7, 11) is -0.354. The molecule has 0 radical (unpaired) electrons. The Morgan fingerprint density at radius 1 is 1.29 bits per heavy atom. The molecule has 0 fully saturated rings. The van der Waals surface area contributed by atoms with E-state index in [4.69, 9.17) is 6.42 Å². The van der Waals surface area contributed by atoms with Crippen molar-refractivity contribution < 1.29 is 8.42 Å². The summed E-state index contributed by atoms with van der Waals surface area (Å²) in [5, 5.41) is 3.24. The van der Waals surface area contributed by atoms with Crippen LogP contribution >= 0.6 is 0 Å². The van der Waals surface area contributed by atoms with Crippen LogP contribution < -0.4 is 5.32 Å². The van der Waals surface area contributed by atoms with E-state index in [1.165, 1.54) is 15.7 Å². The van der Waals surface area contributed by atoms with Crippen molar-refractivity contribution >= 4 is 10.2 Å². The Kier molecular flexibility index (Phi) is 7.39. The molecule has 0 rings (SSSR count). The van der Waals surface area contributed by atoms with Crippen molar-refractivity contribution in [1.82, 2.24) is 13.9 Å². The van der Waals surface area contributed by atoms with Gasteiger partial charge in [0.1, 0.15) is 0 Å². The molecule has 0 amide bonds. The van der Waals surface area contributed by atoms with Crippen LogP contribution in [0, 0.1) is 12.3 Å². The van der Waals surface area contributed by atoms with Gasteiger partial charge >= 0.3 is 0 Å². The van der Waals surface area contributed by atoms with Gasteiger partial charge in [0.2, 0.25) is 0 Å². The minimum absolute atomic E-state index is 0.0942. The molecule has 0 atom stereocenters. The zero-order valence-electron chi connectivity index (χ0n) is 11.1. The van der Waals surface area contributed by atoms with Crippen LogP contribution in [0.4, 0.5) is 0 Å². The molecule has 0 unspecified atom stereocenters. The number of rotatable bonds is 8. The highest BCUT2D eigenvalue weighted by Gasteiger charge is 2.22. The first kappa shape index (κ1) is 16.4. The van der Waals surface area contributed by atoms with Crippen LogP contribution in [0.25, 0.3) is 0 Å². The average molecular weight is 261 g/mol.